The smallest absolute Gasteiger partial charge is 0.497 e. The number of hydrogen-bond acceptors (Lipinski definition) is 11. The molecule has 0 radical (unpaired) electrons. The number of aromatic nitrogens is 4. The van der Waals surface area contributed by atoms with E-state index in [1.165, 1.54) is 47.1 Å². The number of halogens is 6. The standard InChI is InChI=1S/C35H34ClF5N6O9S2/c1-34(2,3)55-33(49)42-25(16-20-14-21(37)17-22(38)15-20)32-43-27(56-58(52,53)35(39,40)41)18-28(48)47(32)26-11-10-24(36)29-30(26)46(4)44-31(29)45-57(50,51)13-12-19-6-8-23(54-5)9-7-19/h6-11,14-15,17-18,25H,12-13,16H2,1-5H3,(H,42,49)(H,44,45). The molecule has 0 saturated carbocycles. The lowest BCUT2D eigenvalue weighted by atomic mass is 10.0. The first kappa shape index (κ1) is 43.6. The molecule has 0 aliphatic carbocycles. The summed E-state index contributed by atoms with van der Waals surface area (Å²) in [6, 6.07) is 9.96. The molecule has 5 rings (SSSR count). The summed E-state index contributed by atoms with van der Waals surface area (Å²) in [4.78, 5) is 31.1. The number of fused-ring (bicyclic) bond motifs is 1. The largest absolute Gasteiger partial charge is 0.534 e. The third-order valence-corrected chi connectivity index (χ3v) is 10.5. The summed E-state index contributed by atoms with van der Waals surface area (Å²) in [5.41, 5.74) is -8.21. The van der Waals surface area contributed by atoms with Gasteiger partial charge in [-0.3, -0.25) is 18.8 Å². The minimum Gasteiger partial charge on any atom is -0.497 e. The van der Waals surface area contributed by atoms with E-state index in [4.69, 9.17) is 21.1 Å². The van der Waals surface area contributed by atoms with Gasteiger partial charge in [0, 0.05) is 19.5 Å². The molecular formula is C35H34ClF5N6O9S2. The first-order chi connectivity index (χ1) is 26.9. The van der Waals surface area contributed by atoms with Gasteiger partial charge in [0.05, 0.1) is 46.6 Å². The van der Waals surface area contributed by atoms with Gasteiger partial charge in [-0.2, -0.15) is 31.7 Å². The van der Waals surface area contributed by atoms with Crippen molar-refractivity contribution in [2.75, 3.05) is 17.6 Å². The number of ether oxygens (including phenoxy) is 2. The van der Waals surface area contributed by atoms with Gasteiger partial charge in [0.2, 0.25) is 15.9 Å². The van der Waals surface area contributed by atoms with Crippen LogP contribution < -0.4 is 24.5 Å². The van der Waals surface area contributed by atoms with Gasteiger partial charge >= 0.3 is 21.7 Å². The first-order valence-corrected chi connectivity index (χ1v) is 20.2. The van der Waals surface area contributed by atoms with Crippen LogP contribution in [-0.2, 0) is 44.8 Å². The number of amides is 1. The highest BCUT2D eigenvalue weighted by Crippen LogP contribution is 2.36. The number of aryl methyl sites for hydroxylation is 2. The monoisotopic (exact) mass is 876 g/mol. The topological polar surface area (TPSA) is 190 Å². The van der Waals surface area contributed by atoms with Crippen molar-refractivity contribution in [3.63, 3.8) is 0 Å². The molecule has 0 aliphatic rings. The van der Waals surface area contributed by atoms with Crippen LogP contribution in [0.1, 0.15) is 43.8 Å². The second-order valence-corrected chi connectivity index (χ2v) is 17.4. The predicted molar refractivity (Wildman–Crippen MR) is 201 cm³/mol. The summed E-state index contributed by atoms with van der Waals surface area (Å²) >= 11 is 6.57. The summed E-state index contributed by atoms with van der Waals surface area (Å²) in [5.74, 6) is -4.38. The van der Waals surface area contributed by atoms with Crippen LogP contribution in [0.2, 0.25) is 5.02 Å². The van der Waals surface area contributed by atoms with Crippen LogP contribution in [0.25, 0.3) is 16.6 Å². The number of nitrogens with zero attached hydrogens (tertiary/aromatic N) is 4. The molecule has 0 spiro atoms. The molecule has 1 amide bonds. The summed E-state index contributed by atoms with van der Waals surface area (Å²) in [6.45, 7) is 4.48. The highest BCUT2D eigenvalue weighted by atomic mass is 35.5. The van der Waals surface area contributed by atoms with Crippen molar-refractivity contribution in [3.8, 4) is 17.3 Å². The number of alkyl halides is 3. The Kier molecular flexibility index (Phi) is 12.3. The molecule has 15 nitrogen and oxygen atoms in total. The fourth-order valence-corrected chi connectivity index (χ4v) is 7.32. The minimum atomic E-state index is -6.42. The number of nitrogens with one attached hydrogen (secondary N) is 2. The Balaban J connectivity index is 1.70. The predicted octanol–water partition coefficient (Wildman–Crippen LogP) is 6.08. The summed E-state index contributed by atoms with van der Waals surface area (Å²) in [7, 11) is -7.73. The lowest BCUT2D eigenvalue weighted by molar-refractivity contribution is -0.0501. The lowest BCUT2D eigenvalue weighted by Crippen LogP contribution is -2.39. The molecule has 1 atom stereocenters. The summed E-state index contributed by atoms with van der Waals surface area (Å²) < 4.78 is 139. The molecular weight excluding hydrogens is 843 g/mol. The number of sulfonamides is 1. The number of methoxy groups -OCH3 is 1. The van der Waals surface area contributed by atoms with Gasteiger partial charge in [0.25, 0.3) is 5.56 Å². The fraction of sp³-hybridized carbons (Fsp3) is 0.314. The van der Waals surface area contributed by atoms with E-state index in [-0.39, 0.29) is 39.4 Å². The quantitative estimate of drug-likeness (QED) is 0.0792. The van der Waals surface area contributed by atoms with Crippen molar-refractivity contribution in [1.29, 1.82) is 0 Å². The van der Waals surface area contributed by atoms with Crippen LogP contribution in [0.5, 0.6) is 11.6 Å². The molecule has 5 aromatic rings. The van der Waals surface area contributed by atoms with Gasteiger partial charge in [0.15, 0.2) is 5.82 Å². The second kappa shape index (κ2) is 16.4. The van der Waals surface area contributed by atoms with Gasteiger partial charge in [-0.05, 0) is 74.7 Å². The molecule has 0 aliphatic heterocycles. The molecule has 0 fully saturated rings. The third-order valence-electron chi connectivity index (χ3n) is 7.99. The van der Waals surface area contributed by atoms with E-state index in [2.05, 4.69) is 24.3 Å². The van der Waals surface area contributed by atoms with Crippen LogP contribution in [0.3, 0.4) is 0 Å². The number of hydrogen-bond donors (Lipinski definition) is 2. The van der Waals surface area contributed by atoms with Gasteiger partial charge in [0.1, 0.15) is 28.8 Å². The average Bonchev–Trinajstić information content (AvgIpc) is 3.41. The molecule has 2 N–H and O–H groups in total. The maximum Gasteiger partial charge on any atom is 0.534 e. The highest BCUT2D eigenvalue weighted by Gasteiger charge is 2.49. The molecule has 2 aromatic heterocycles. The Morgan fingerprint density at radius 2 is 1.59 bits per heavy atom. The molecule has 23 heteroatoms. The SMILES string of the molecule is COc1ccc(CCS(=O)(=O)Nc2nn(C)c3c(-n4c(C(Cc5cc(F)cc(F)c5)NC(=O)OC(C)(C)C)nc(OS(=O)(=O)C(F)(F)F)cc4=O)ccc(Cl)c23)cc1. The van der Waals surface area contributed by atoms with Gasteiger partial charge in [-0.25, -0.2) is 22.0 Å². The van der Waals surface area contributed by atoms with Crippen molar-refractivity contribution in [2.24, 2.45) is 7.05 Å². The van der Waals surface area contributed by atoms with Crippen molar-refractivity contribution < 1.29 is 57.2 Å². The fourth-order valence-electron chi connectivity index (χ4n) is 5.63. The summed E-state index contributed by atoms with van der Waals surface area (Å²) in [5, 5.41) is 6.48. The van der Waals surface area contributed by atoms with E-state index in [0.29, 0.717) is 28.0 Å². The van der Waals surface area contributed by atoms with E-state index in [1.807, 2.05) is 0 Å². The number of benzene rings is 3. The molecule has 0 bridgehead atoms. The van der Waals surface area contributed by atoms with Crippen molar-refractivity contribution >= 4 is 54.6 Å². The zero-order valence-electron chi connectivity index (χ0n) is 31.0. The highest BCUT2D eigenvalue weighted by molar-refractivity contribution is 7.92. The maximum atomic E-state index is 14.4. The van der Waals surface area contributed by atoms with Crippen molar-refractivity contribution in [3.05, 3.63) is 105 Å². The molecule has 58 heavy (non-hydrogen) atoms. The normalized spacial score (nSPS) is 12.9. The summed E-state index contributed by atoms with van der Waals surface area (Å²) in [6.07, 6.45) is -1.75. The number of carbonyl (C=O) groups excluding carboxylic acids is 1. The van der Waals surface area contributed by atoms with Crippen LogP contribution in [0.15, 0.2) is 65.5 Å². The number of carbonyl (C=O) groups is 1. The molecule has 3 aromatic carbocycles. The van der Waals surface area contributed by atoms with Crippen LogP contribution in [0.4, 0.5) is 32.6 Å². The number of alkyl carbamates (subject to hydrolysis) is 1. The molecule has 312 valence electrons. The van der Waals surface area contributed by atoms with Crippen LogP contribution in [0, 0.1) is 11.6 Å². The van der Waals surface area contributed by atoms with Crippen LogP contribution >= 0.6 is 11.6 Å². The van der Waals surface area contributed by atoms with E-state index in [9.17, 15) is 48.4 Å². The zero-order valence-corrected chi connectivity index (χ0v) is 33.4. The third kappa shape index (κ3) is 10.3. The van der Waals surface area contributed by atoms with E-state index in [1.54, 1.807) is 24.3 Å². The Labute approximate surface area is 332 Å². The molecule has 1 unspecified atom stereocenters. The minimum absolute atomic E-state index is 0.0728. The van der Waals surface area contributed by atoms with Crippen molar-refractivity contribution in [1.82, 2.24) is 24.6 Å². The van der Waals surface area contributed by atoms with Gasteiger partial charge in [-0.15, -0.1) is 0 Å². The molecule has 2 heterocycles. The number of rotatable bonds is 13. The van der Waals surface area contributed by atoms with Gasteiger partial charge in [-0.1, -0.05) is 23.7 Å². The van der Waals surface area contributed by atoms with E-state index >= 15 is 0 Å². The number of anilines is 1. The lowest BCUT2D eigenvalue weighted by Gasteiger charge is -2.26. The Bertz CT molecular complexity index is 2630. The average molecular weight is 877 g/mol. The maximum absolute atomic E-state index is 14.4. The Morgan fingerprint density at radius 1 is 0.948 bits per heavy atom. The van der Waals surface area contributed by atoms with Gasteiger partial charge < -0.3 is 19.0 Å². The zero-order chi connectivity index (χ0) is 43.0. The van der Waals surface area contributed by atoms with E-state index in [0.717, 1.165) is 16.8 Å². The van der Waals surface area contributed by atoms with Crippen LogP contribution in [-0.4, -0.2) is 66.2 Å². The second-order valence-electron chi connectivity index (χ2n) is 13.6. The Hall–Kier alpha value is -5.48. The Morgan fingerprint density at radius 3 is 2.17 bits per heavy atom. The first-order valence-electron chi connectivity index (χ1n) is 16.7. The molecule has 0 saturated heterocycles. The van der Waals surface area contributed by atoms with E-state index < -0.39 is 84.5 Å². The van der Waals surface area contributed by atoms with Crippen molar-refractivity contribution in [2.45, 2.75) is 50.8 Å².